The van der Waals surface area contributed by atoms with Crippen molar-refractivity contribution in [3.05, 3.63) is 29.8 Å². The molecule has 1 aliphatic heterocycles. The summed E-state index contributed by atoms with van der Waals surface area (Å²) < 4.78 is 5.61. The summed E-state index contributed by atoms with van der Waals surface area (Å²) in [4.78, 5) is 24.7. The van der Waals surface area contributed by atoms with Gasteiger partial charge >= 0.3 is 12.0 Å². The maximum Gasteiger partial charge on any atom is 0.337 e. The zero-order valence-corrected chi connectivity index (χ0v) is 12.3. The molecule has 1 heterocycles. The molecule has 1 aromatic carbocycles. The quantitative estimate of drug-likeness (QED) is 0.890. The monoisotopic (exact) mass is 292 g/mol. The highest BCUT2D eigenvalue weighted by Gasteiger charge is 2.30. The molecule has 2 amide bonds. The Bertz CT molecular complexity index is 538. The maximum atomic E-state index is 12.2. The van der Waals surface area contributed by atoms with Crippen LogP contribution >= 0.6 is 0 Å². The molecule has 1 atom stereocenters. The van der Waals surface area contributed by atoms with E-state index in [-0.39, 0.29) is 17.2 Å². The molecule has 0 bridgehead atoms. The summed E-state index contributed by atoms with van der Waals surface area (Å²) in [6, 6.07) is 6.07. The summed E-state index contributed by atoms with van der Waals surface area (Å²) in [6.07, 6.45) is 1.90. The lowest BCUT2D eigenvalue weighted by Gasteiger charge is -2.26. The highest BCUT2D eigenvalue weighted by Crippen LogP contribution is 2.24. The van der Waals surface area contributed by atoms with Crippen LogP contribution in [0, 0.1) is 0 Å². The first-order valence-corrected chi connectivity index (χ1v) is 6.91. The Labute approximate surface area is 123 Å². The Hall–Kier alpha value is -2.08. The molecule has 0 spiro atoms. The molecule has 1 aromatic rings. The molecule has 0 radical (unpaired) electrons. The van der Waals surface area contributed by atoms with Crippen LogP contribution < -0.4 is 10.2 Å². The number of nitrogens with one attached hydrogen (secondary N) is 1. The van der Waals surface area contributed by atoms with Crippen molar-refractivity contribution in [2.24, 2.45) is 0 Å². The standard InChI is InChI=1S/C15H20N2O4/c1-15(8-5-9-21-15)10-16-14(20)17(2)12-7-4-3-6-11(12)13(18)19/h3-4,6-7H,5,8-10H2,1-2H3,(H,16,20)(H,18,19). The van der Waals surface area contributed by atoms with Gasteiger partial charge in [0.2, 0.25) is 0 Å². The van der Waals surface area contributed by atoms with Gasteiger partial charge in [0.15, 0.2) is 0 Å². The Morgan fingerprint density at radius 1 is 1.43 bits per heavy atom. The Morgan fingerprint density at radius 2 is 2.14 bits per heavy atom. The van der Waals surface area contributed by atoms with Gasteiger partial charge in [-0.1, -0.05) is 12.1 Å². The number of rotatable bonds is 4. The van der Waals surface area contributed by atoms with Crippen molar-refractivity contribution in [1.82, 2.24) is 5.32 Å². The fourth-order valence-corrected chi connectivity index (χ4v) is 2.41. The van der Waals surface area contributed by atoms with Gasteiger partial charge in [-0.2, -0.15) is 0 Å². The van der Waals surface area contributed by atoms with E-state index in [1.807, 2.05) is 6.92 Å². The van der Waals surface area contributed by atoms with E-state index in [2.05, 4.69) is 5.32 Å². The number of carbonyl (C=O) groups excluding carboxylic acids is 1. The highest BCUT2D eigenvalue weighted by atomic mass is 16.5. The Balaban J connectivity index is 2.04. The van der Waals surface area contributed by atoms with E-state index < -0.39 is 5.97 Å². The molecule has 1 fully saturated rings. The number of amides is 2. The van der Waals surface area contributed by atoms with Gasteiger partial charge in [-0.05, 0) is 31.9 Å². The smallest absolute Gasteiger partial charge is 0.337 e. The van der Waals surface area contributed by atoms with Gasteiger partial charge in [-0.15, -0.1) is 0 Å². The minimum absolute atomic E-state index is 0.0958. The molecule has 6 heteroatoms. The molecule has 21 heavy (non-hydrogen) atoms. The van der Waals surface area contributed by atoms with Crippen molar-refractivity contribution < 1.29 is 19.4 Å². The van der Waals surface area contributed by atoms with Crippen LogP contribution in [-0.2, 0) is 4.74 Å². The summed E-state index contributed by atoms with van der Waals surface area (Å²) in [5.74, 6) is -1.06. The summed E-state index contributed by atoms with van der Waals surface area (Å²) in [7, 11) is 1.55. The van der Waals surface area contributed by atoms with Crippen molar-refractivity contribution >= 4 is 17.7 Å². The van der Waals surface area contributed by atoms with E-state index in [0.717, 1.165) is 12.8 Å². The fraction of sp³-hybridized carbons (Fsp3) is 0.467. The lowest BCUT2D eigenvalue weighted by atomic mass is 10.0. The third-order valence-electron chi connectivity index (χ3n) is 3.71. The van der Waals surface area contributed by atoms with Crippen LogP contribution in [0.4, 0.5) is 10.5 Å². The minimum Gasteiger partial charge on any atom is -0.478 e. The molecular formula is C15H20N2O4. The summed E-state index contributed by atoms with van der Waals surface area (Å²) >= 11 is 0. The van der Waals surface area contributed by atoms with Gasteiger partial charge in [0.05, 0.1) is 16.9 Å². The molecule has 1 saturated heterocycles. The number of anilines is 1. The van der Waals surface area contributed by atoms with Crippen LogP contribution in [0.3, 0.4) is 0 Å². The molecule has 2 N–H and O–H groups in total. The molecule has 0 aliphatic carbocycles. The van der Waals surface area contributed by atoms with Crippen LogP contribution in [-0.4, -0.2) is 42.9 Å². The predicted molar refractivity (Wildman–Crippen MR) is 78.8 cm³/mol. The largest absolute Gasteiger partial charge is 0.478 e. The number of hydrogen-bond acceptors (Lipinski definition) is 3. The second-order valence-electron chi connectivity index (χ2n) is 5.44. The molecule has 6 nitrogen and oxygen atoms in total. The average molecular weight is 292 g/mol. The predicted octanol–water partition coefficient (Wildman–Crippen LogP) is 2.10. The van der Waals surface area contributed by atoms with Crippen molar-refractivity contribution in [1.29, 1.82) is 0 Å². The number of urea groups is 1. The second-order valence-corrected chi connectivity index (χ2v) is 5.44. The van der Waals surface area contributed by atoms with E-state index in [1.165, 1.54) is 11.0 Å². The van der Waals surface area contributed by atoms with E-state index in [0.29, 0.717) is 18.8 Å². The number of nitrogens with zero attached hydrogens (tertiary/aromatic N) is 1. The number of para-hydroxylation sites is 1. The van der Waals surface area contributed by atoms with E-state index >= 15 is 0 Å². The van der Waals surface area contributed by atoms with Crippen LogP contribution in [0.15, 0.2) is 24.3 Å². The third-order valence-corrected chi connectivity index (χ3v) is 3.71. The first-order chi connectivity index (χ1) is 9.93. The van der Waals surface area contributed by atoms with E-state index in [1.54, 1.807) is 25.2 Å². The molecule has 0 saturated carbocycles. The number of hydrogen-bond donors (Lipinski definition) is 2. The Kier molecular flexibility index (Phi) is 4.47. The zero-order valence-electron chi connectivity index (χ0n) is 12.3. The first kappa shape index (κ1) is 15.3. The number of aromatic carboxylic acids is 1. The van der Waals surface area contributed by atoms with Crippen molar-refractivity contribution in [2.75, 3.05) is 25.1 Å². The summed E-state index contributed by atoms with van der Waals surface area (Å²) in [5, 5.41) is 12.0. The fourth-order valence-electron chi connectivity index (χ4n) is 2.41. The topological polar surface area (TPSA) is 78.9 Å². The van der Waals surface area contributed by atoms with Crippen LogP contribution in [0.25, 0.3) is 0 Å². The number of carboxylic acid groups (broad SMARTS) is 1. The molecule has 1 aliphatic rings. The van der Waals surface area contributed by atoms with Gasteiger partial charge in [0.1, 0.15) is 0 Å². The zero-order chi connectivity index (χ0) is 15.5. The Morgan fingerprint density at radius 3 is 2.76 bits per heavy atom. The summed E-state index contributed by atoms with van der Waals surface area (Å²) in [5.41, 5.74) is 0.126. The average Bonchev–Trinajstić information content (AvgIpc) is 2.91. The van der Waals surface area contributed by atoms with Crippen LogP contribution in [0.2, 0.25) is 0 Å². The lowest BCUT2D eigenvalue weighted by Crippen LogP contribution is -2.45. The molecule has 2 rings (SSSR count). The van der Waals surface area contributed by atoms with Gasteiger partial charge in [0.25, 0.3) is 0 Å². The SMILES string of the molecule is CN(C(=O)NCC1(C)CCCO1)c1ccccc1C(=O)O. The normalized spacial score (nSPS) is 21.0. The summed E-state index contributed by atoms with van der Waals surface area (Å²) in [6.45, 7) is 3.08. The number of benzene rings is 1. The number of ether oxygens (including phenoxy) is 1. The number of carboxylic acids is 1. The minimum atomic E-state index is -1.06. The lowest BCUT2D eigenvalue weighted by molar-refractivity contribution is 0.0231. The molecule has 1 unspecified atom stereocenters. The van der Waals surface area contributed by atoms with E-state index in [4.69, 9.17) is 9.84 Å². The molecular weight excluding hydrogens is 272 g/mol. The van der Waals surface area contributed by atoms with Crippen molar-refractivity contribution in [3.63, 3.8) is 0 Å². The van der Waals surface area contributed by atoms with Crippen LogP contribution in [0.5, 0.6) is 0 Å². The maximum absolute atomic E-state index is 12.2. The third kappa shape index (κ3) is 3.52. The van der Waals surface area contributed by atoms with E-state index in [9.17, 15) is 9.59 Å². The molecule has 0 aromatic heterocycles. The number of carbonyl (C=O) groups is 2. The van der Waals surface area contributed by atoms with Crippen LogP contribution in [0.1, 0.15) is 30.1 Å². The van der Waals surface area contributed by atoms with Gasteiger partial charge < -0.3 is 15.2 Å². The second kappa shape index (κ2) is 6.13. The van der Waals surface area contributed by atoms with Gasteiger partial charge in [0, 0.05) is 20.2 Å². The van der Waals surface area contributed by atoms with Gasteiger partial charge in [-0.3, -0.25) is 4.90 Å². The van der Waals surface area contributed by atoms with Crippen molar-refractivity contribution in [2.45, 2.75) is 25.4 Å². The first-order valence-electron chi connectivity index (χ1n) is 6.91. The van der Waals surface area contributed by atoms with Crippen molar-refractivity contribution in [3.8, 4) is 0 Å². The molecule has 114 valence electrons. The highest BCUT2D eigenvalue weighted by molar-refractivity contribution is 6.01. The van der Waals surface area contributed by atoms with Gasteiger partial charge in [-0.25, -0.2) is 9.59 Å².